The van der Waals surface area contributed by atoms with Crippen LogP contribution in [0.15, 0.2) is 54.6 Å². The summed E-state index contributed by atoms with van der Waals surface area (Å²) >= 11 is 0. The number of ether oxygens (including phenoxy) is 1. The molecule has 0 aromatic heterocycles. The molecule has 0 saturated carbocycles. The first-order valence-electron chi connectivity index (χ1n) is 6.57. The Hall–Kier alpha value is -1.85. The van der Waals surface area contributed by atoms with Gasteiger partial charge in [0.05, 0.1) is 11.9 Å². The second kappa shape index (κ2) is 6.74. The van der Waals surface area contributed by atoms with Crippen molar-refractivity contribution in [1.82, 2.24) is 0 Å². The number of rotatable bonds is 6. The Kier molecular flexibility index (Phi) is 4.98. The molecule has 21 heavy (non-hydrogen) atoms. The lowest BCUT2D eigenvalue weighted by atomic mass is 10.1. The Bertz CT molecular complexity index is 680. The van der Waals surface area contributed by atoms with E-state index in [2.05, 4.69) is 0 Å². The SMILES string of the molecule is CS(=O)(=O)CC(O)c1ccccc1OCc1ccccc1. The zero-order valence-electron chi connectivity index (χ0n) is 11.8. The zero-order chi connectivity index (χ0) is 15.3. The van der Waals surface area contributed by atoms with Gasteiger partial charge in [0.25, 0.3) is 0 Å². The van der Waals surface area contributed by atoms with Crippen molar-refractivity contribution in [3.8, 4) is 5.75 Å². The van der Waals surface area contributed by atoms with Crippen LogP contribution in [0.1, 0.15) is 17.2 Å². The molecular weight excluding hydrogens is 288 g/mol. The number of aliphatic hydroxyl groups is 1. The van der Waals surface area contributed by atoms with E-state index >= 15 is 0 Å². The van der Waals surface area contributed by atoms with Crippen LogP contribution in [0.5, 0.6) is 5.75 Å². The van der Waals surface area contributed by atoms with E-state index in [4.69, 9.17) is 4.74 Å². The molecule has 1 atom stereocenters. The molecule has 4 nitrogen and oxygen atoms in total. The van der Waals surface area contributed by atoms with Crippen molar-refractivity contribution in [2.45, 2.75) is 12.7 Å². The third-order valence-electron chi connectivity index (χ3n) is 2.98. The summed E-state index contributed by atoms with van der Waals surface area (Å²) in [5.74, 6) is 0.177. The third-order valence-corrected chi connectivity index (χ3v) is 3.90. The van der Waals surface area contributed by atoms with Crippen LogP contribution in [-0.2, 0) is 16.4 Å². The Balaban J connectivity index is 2.13. The van der Waals surface area contributed by atoms with Gasteiger partial charge in [0.15, 0.2) is 0 Å². The molecule has 2 aromatic carbocycles. The number of hydrogen-bond acceptors (Lipinski definition) is 4. The zero-order valence-corrected chi connectivity index (χ0v) is 12.6. The van der Waals surface area contributed by atoms with Crippen LogP contribution in [0.4, 0.5) is 0 Å². The van der Waals surface area contributed by atoms with Gasteiger partial charge in [0.2, 0.25) is 0 Å². The summed E-state index contributed by atoms with van der Waals surface area (Å²) in [6.45, 7) is 0.365. The smallest absolute Gasteiger partial charge is 0.150 e. The van der Waals surface area contributed by atoms with Gasteiger partial charge in [0, 0.05) is 11.8 Å². The van der Waals surface area contributed by atoms with Crippen molar-refractivity contribution in [3.63, 3.8) is 0 Å². The van der Waals surface area contributed by atoms with Crippen LogP contribution >= 0.6 is 0 Å². The van der Waals surface area contributed by atoms with Crippen LogP contribution in [0.3, 0.4) is 0 Å². The van der Waals surface area contributed by atoms with Gasteiger partial charge < -0.3 is 9.84 Å². The minimum absolute atomic E-state index is 0.321. The highest BCUT2D eigenvalue weighted by Crippen LogP contribution is 2.26. The highest BCUT2D eigenvalue weighted by molar-refractivity contribution is 7.90. The Morgan fingerprint density at radius 2 is 1.67 bits per heavy atom. The molecule has 2 aromatic rings. The number of benzene rings is 2. The maximum Gasteiger partial charge on any atom is 0.150 e. The average molecular weight is 306 g/mol. The normalized spacial score (nSPS) is 12.9. The molecule has 0 aliphatic carbocycles. The molecule has 0 heterocycles. The highest BCUT2D eigenvalue weighted by atomic mass is 32.2. The predicted molar refractivity (Wildman–Crippen MR) is 81.9 cm³/mol. The summed E-state index contributed by atoms with van der Waals surface area (Å²) in [5.41, 5.74) is 1.49. The summed E-state index contributed by atoms with van der Waals surface area (Å²) in [6.07, 6.45) is 0.0101. The molecule has 0 aliphatic heterocycles. The first kappa shape index (κ1) is 15.5. The Morgan fingerprint density at radius 3 is 2.33 bits per heavy atom. The van der Waals surface area contributed by atoms with E-state index in [9.17, 15) is 13.5 Å². The van der Waals surface area contributed by atoms with Gasteiger partial charge in [-0.3, -0.25) is 0 Å². The van der Waals surface area contributed by atoms with E-state index in [1.165, 1.54) is 0 Å². The quantitative estimate of drug-likeness (QED) is 0.890. The lowest BCUT2D eigenvalue weighted by Gasteiger charge is -2.15. The van der Waals surface area contributed by atoms with Gasteiger partial charge in [-0.25, -0.2) is 8.42 Å². The summed E-state index contributed by atoms with van der Waals surface area (Å²) < 4.78 is 28.3. The summed E-state index contributed by atoms with van der Waals surface area (Å²) in [4.78, 5) is 0. The molecular formula is C16H18O4S. The van der Waals surface area contributed by atoms with Gasteiger partial charge in [-0.2, -0.15) is 0 Å². The van der Waals surface area contributed by atoms with Crippen molar-refractivity contribution < 1.29 is 18.3 Å². The fourth-order valence-corrected chi connectivity index (χ4v) is 2.75. The number of aliphatic hydroxyl groups excluding tert-OH is 1. The lowest BCUT2D eigenvalue weighted by molar-refractivity contribution is 0.192. The number of para-hydroxylation sites is 1. The van der Waals surface area contributed by atoms with E-state index < -0.39 is 15.9 Å². The number of sulfone groups is 1. The van der Waals surface area contributed by atoms with E-state index in [0.717, 1.165) is 11.8 Å². The maximum absolute atomic E-state index is 11.3. The molecule has 0 saturated heterocycles. The fourth-order valence-electron chi connectivity index (χ4n) is 2.00. The second-order valence-electron chi connectivity index (χ2n) is 4.92. The largest absolute Gasteiger partial charge is 0.489 e. The van der Waals surface area contributed by atoms with Crippen molar-refractivity contribution in [3.05, 3.63) is 65.7 Å². The molecule has 0 radical (unpaired) electrons. The predicted octanol–water partition coefficient (Wildman–Crippen LogP) is 2.34. The Morgan fingerprint density at radius 1 is 1.05 bits per heavy atom. The molecule has 112 valence electrons. The minimum Gasteiger partial charge on any atom is -0.489 e. The van der Waals surface area contributed by atoms with Gasteiger partial charge in [0.1, 0.15) is 22.2 Å². The van der Waals surface area contributed by atoms with E-state index in [-0.39, 0.29) is 5.75 Å². The van der Waals surface area contributed by atoms with Gasteiger partial charge >= 0.3 is 0 Å². The topological polar surface area (TPSA) is 63.6 Å². The van der Waals surface area contributed by atoms with Crippen molar-refractivity contribution in [2.75, 3.05) is 12.0 Å². The maximum atomic E-state index is 11.3. The van der Waals surface area contributed by atoms with E-state index in [1.807, 2.05) is 30.3 Å². The van der Waals surface area contributed by atoms with Crippen molar-refractivity contribution in [2.24, 2.45) is 0 Å². The summed E-state index contributed by atoms with van der Waals surface area (Å²) in [6, 6.07) is 16.6. The monoisotopic (exact) mass is 306 g/mol. The molecule has 1 unspecified atom stereocenters. The average Bonchev–Trinajstić information content (AvgIpc) is 2.45. The molecule has 0 aliphatic rings. The van der Waals surface area contributed by atoms with Crippen molar-refractivity contribution >= 4 is 9.84 Å². The highest BCUT2D eigenvalue weighted by Gasteiger charge is 2.18. The van der Waals surface area contributed by atoms with E-state index in [0.29, 0.717) is 17.9 Å². The molecule has 0 fully saturated rings. The van der Waals surface area contributed by atoms with E-state index in [1.54, 1.807) is 24.3 Å². The van der Waals surface area contributed by atoms with Crippen LogP contribution in [0.25, 0.3) is 0 Å². The molecule has 0 bridgehead atoms. The number of hydrogen-bond donors (Lipinski definition) is 1. The molecule has 5 heteroatoms. The fraction of sp³-hybridized carbons (Fsp3) is 0.250. The molecule has 0 amide bonds. The van der Waals surface area contributed by atoms with Crippen LogP contribution in [-0.4, -0.2) is 25.5 Å². The van der Waals surface area contributed by atoms with Crippen LogP contribution < -0.4 is 4.74 Å². The first-order chi connectivity index (χ1) is 9.96. The summed E-state index contributed by atoms with van der Waals surface area (Å²) in [5, 5.41) is 10.1. The van der Waals surface area contributed by atoms with Crippen LogP contribution in [0, 0.1) is 0 Å². The minimum atomic E-state index is -3.26. The van der Waals surface area contributed by atoms with Crippen molar-refractivity contribution in [1.29, 1.82) is 0 Å². The third kappa shape index (κ3) is 4.88. The van der Waals surface area contributed by atoms with Gasteiger partial charge in [-0.1, -0.05) is 48.5 Å². The molecule has 2 rings (SSSR count). The Labute approximate surface area is 124 Å². The summed E-state index contributed by atoms with van der Waals surface area (Å²) in [7, 11) is -3.26. The lowest BCUT2D eigenvalue weighted by Crippen LogP contribution is -2.13. The van der Waals surface area contributed by atoms with Gasteiger partial charge in [-0.05, 0) is 11.6 Å². The van der Waals surface area contributed by atoms with Gasteiger partial charge in [-0.15, -0.1) is 0 Å². The second-order valence-corrected chi connectivity index (χ2v) is 7.11. The molecule has 1 N–H and O–H groups in total. The first-order valence-corrected chi connectivity index (χ1v) is 8.63. The van der Waals surface area contributed by atoms with Crippen LogP contribution in [0.2, 0.25) is 0 Å². The standard InChI is InChI=1S/C16H18O4S/c1-21(18,19)12-15(17)14-9-5-6-10-16(14)20-11-13-7-3-2-4-8-13/h2-10,15,17H,11-12H2,1H3. The molecule has 0 spiro atoms.